The second kappa shape index (κ2) is 7.48. The lowest BCUT2D eigenvalue weighted by Crippen LogP contribution is -2.29. The van der Waals surface area contributed by atoms with Crippen LogP contribution in [0.3, 0.4) is 0 Å². The lowest BCUT2D eigenvalue weighted by molar-refractivity contribution is 0.196. The molecule has 3 nitrogen and oxygen atoms in total. The van der Waals surface area contributed by atoms with Crippen molar-refractivity contribution >= 4 is 34.6 Å². The van der Waals surface area contributed by atoms with Crippen LogP contribution in [0.2, 0.25) is 5.02 Å². The maximum absolute atomic E-state index is 6.09. The van der Waals surface area contributed by atoms with Gasteiger partial charge in [0.05, 0.1) is 10.7 Å². The number of nitrogens with one attached hydrogen (secondary N) is 2. The van der Waals surface area contributed by atoms with E-state index in [-0.39, 0.29) is 0 Å². The molecule has 0 aliphatic carbocycles. The topological polar surface area (TPSA) is 33.3 Å². The number of benzene rings is 1. The fourth-order valence-corrected chi connectivity index (χ4v) is 1.80. The summed E-state index contributed by atoms with van der Waals surface area (Å²) in [5.41, 5.74) is 1.95. The van der Waals surface area contributed by atoms with Crippen LogP contribution in [0.4, 0.5) is 5.69 Å². The third-order valence-corrected chi connectivity index (χ3v) is 2.74. The first-order valence-corrected chi connectivity index (χ1v) is 6.22. The van der Waals surface area contributed by atoms with E-state index in [1.165, 1.54) is 0 Å². The smallest absolute Gasteiger partial charge is 0.170 e. The van der Waals surface area contributed by atoms with E-state index >= 15 is 0 Å². The van der Waals surface area contributed by atoms with Crippen LogP contribution in [-0.4, -0.2) is 25.4 Å². The quantitative estimate of drug-likeness (QED) is 0.638. The van der Waals surface area contributed by atoms with E-state index in [4.69, 9.17) is 28.6 Å². The van der Waals surface area contributed by atoms with Gasteiger partial charge in [0, 0.05) is 20.3 Å². The molecule has 0 saturated carbocycles. The van der Waals surface area contributed by atoms with Crippen molar-refractivity contribution in [2.24, 2.45) is 0 Å². The summed E-state index contributed by atoms with van der Waals surface area (Å²) in [6.07, 6.45) is 0.917. The van der Waals surface area contributed by atoms with Gasteiger partial charge >= 0.3 is 0 Å². The van der Waals surface area contributed by atoms with Gasteiger partial charge in [0.2, 0.25) is 0 Å². The second-order valence-electron chi connectivity index (χ2n) is 3.71. The monoisotopic (exact) mass is 272 g/mol. The van der Waals surface area contributed by atoms with Crippen LogP contribution < -0.4 is 10.6 Å². The lowest BCUT2D eigenvalue weighted by Gasteiger charge is -2.11. The summed E-state index contributed by atoms with van der Waals surface area (Å²) in [4.78, 5) is 0. The molecule has 0 bridgehead atoms. The molecule has 0 aliphatic rings. The van der Waals surface area contributed by atoms with Gasteiger partial charge in [-0.05, 0) is 43.3 Å². The number of methoxy groups -OCH3 is 1. The Balaban J connectivity index is 2.40. The molecule has 2 N–H and O–H groups in total. The molecule has 1 rings (SSSR count). The van der Waals surface area contributed by atoms with Gasteiger partial charge < -0.3 is 15.4 Å². The maximum atomic E-state index is 6.09. The first kappa shape index (κ1) is 14.2. The first-order valence-electron chi connectivity index (χ1n) is 5.43. The molecule has 0 spiro atoms. The van der Waals surface area contributed by atoms with Gasteiger partial charge in [-0.25, -0.2) is 0 Å². The fraction of sp³-hybridized carbons (Fsp3) is 0.417. The predicted octanol–water partition coefficient (Wildman–Crippen LogP) is 2.97. The highest BCUT2D eigenvalue weighted by molar-refractivity contribution is 7.80. The highest BCUT2D eigenvalue weighted by Gasteiger charge is 2.02. The molecular formula is C12H17ClN2OS. The van der Waals surface area contributed by atoms with Crippen molar-refractivity contribution in [3.63, 3.8) is 0 Å². The minimum Gasteiger partial charge on any atom is -0.385 e. The summed E-state index contributed by atoms with van der Waals surface area (Å²) in [7, 11) is 1.68. The molecule has 0 unspecified atom stereocenters. The van der Waals surface area contributed by atoms with Crippen LogP contribution in [0.1, 0.15) is 12.0 Å². The Morgan fingerprint density at radius 1 is 1.47 bits per heavy atom. The molecule has 0 radical (unpaired) electrons. The number of halogens is 1. The summed E-state index contributed by atoms with van der Waals surface area (Å²) in [5.74, 6) is 0. The van der Waals surface area contributed by atoms with Gasteiger partial charge in [0.15, 0.2) is 5.11 Å². The Kier molecular flexibility index (Phi) is 6.26. The van der Waals surface area contributed by atoms with Crippen molar-refractivity contribution in [3.05, 3.63) is 28.8 Å². The molecule has 1 aromatic rings. The van der Waals surface area contributed by atoms with Crippen molar-refractivity contribution < 1.29 is 4.74 Å². The zero-order chi connectivity index (χ0) is 12.7. The van der Waals surface area contributed by atoms with Gasteiger partial charge in [0.25, 0.3) is 0 Å². The average molecular weight is 273 g/mol. The van der Waals surface area contributed by atoms with Crippen molar-refractivity contribution in [2.75, 3.05) is 25.6 Å². The van der Waals surface area contributed by atoms with Gasteiger partial charge in [-0.3, -0.25) is 0 Å². The molecule has 0 heterocycles. The molecule has 94 valence electrons. The van der Waals surface area contributed by atoms with Crippen molar-refractivity contribution in [1.29, 1.82) is 0 Å². The number of hydrogen-bond acceptors (Lipinski definition) is 2. The van der Waals surface area contributed by atoms with Gasteiger partial charge in [-0.2, -0.15) is 0 Å². The maximum Gasteiger partial charge on any atom is 0.170 e. The minimum atomic E-state index is 0.576. The van der Waals surface area contributed by atoms with Gasteiger partial charge in [-0.15, -0.1) is 0 Å². The molecule has 0 fully saturated rings. The molecule has 17 heavy (non-hydrogen) atoms. The van der Waals surface area contributed by atoms with E-state index in [2.05, 4.69) is 10.6 Å². The Labute approximate surface area is 112 Å². The Hall–Kier alpha value is -0.840. The number of aryl methyl sites for hydroxylation is 1. The Morgan fingerprint density at radius 3 is 2.88 bits per heavy atom. The SMILES string of the molecule is COCCCNC(=S)Nc1ccc(C)cc1Cl. The molecule has 0 saturated heterocycles. The average Bonchev–Trinajstić information content (AvgIpc) is 2.28. The standard InChI is InChI=1S/C12H17ClN2OS/c1-9-4-5-11(10(13)8-9)15-12(17)14-6-3-7-16-2/h4-5,8H,3,6-7H2,1-2H3,(H2,14,15,17). The molecule has 0 atom stereocenters. The Bertz CT molecular complexity index is 385. The largest absolute Gasteiger partial charge is 0.385 e. The number of hydrogen-bond donors (Lipinski definition) is 2. The Morgan fingerprint density at radius 2 is 2.24 bits per heavy atom. The zero-order valence-electron chi connectivity index (χ0n) is 10.0. The summed E-state index contributed by atoms with van der Waals surface area (Å²) in [5, 5.41) is 7.40. The molecule has 0 aliphatic heterocycles. The van der Waals surface area contributed by atoms with Crippen LogP contribution >= 0.6 is 23.8 Å². The van der Waals surface area contributed by atoms with Gasteiger partial charge in [-0.1, -0.05) is 17.7 Å². The predicted molar refractivity (Wildman–Crippen MR) is 76.9 cm³/mol. The van der Waals surface area contributed by atoms with E-state index < -0.39 is 0 Å². The van der Waals surface area contributed by atoms with E-state index in [0.717, 1.165) is 30.8 Å². The summed E-state index contributed by atoms with van der Waals surface area (Å²) in [6, 6.07) is 5.81. The highest BCUT2D eigenvalue weighted by Crippen LogP contribution is 2.22. The summed E-state index contributed by atoms with van der Waals surface area (Å²) in [6.45, 7) is 3.50. The van der Waals surface area contributed by atoms with Crippen LogP contribution in [0.25, 0.3) is 0 Å². The number of rotatable bonds is 5. The van der Waals surface area contributed by atoms with Crippen LogP contribution in [-0.2, 0) is 4.74 Å². The third kappa shape index (κ3) is 5.35. The molecule has 0 amide bonds. The molecule has 1 aromatic carbocycles. The minimum absolute atomic E-state index is 0.576. The van der Waals surface area contributed by atoms with E-state index in [9.17, 15) is 0 Å². The van der Waals surface area contributed by atoms with Gasteiger partial charge in [0.1, 0.15) is 0 Å². The van der Waals surface area contributed by atoms with E-state index in [1.54, 1.807) is 7.11 Å². The third-order valence-electron chi connectivity index (χ3n) is 2.18. The molecule has 0 aromatic heterocycles. The second-order valence-corrected chi connectivity index (χ2v) is 4.53. The van der Waals surface area contributed by atoms with E-state index in [1.807, 2.05) is 25.1 Å². The van der Waals surface area contributed by atoms with Crippen LogP contribution in [0.5, 0.6) is 0 Å². The number of anilines is 1. The molecule has 5 heteroatoms. The summed E-state index contributed by atoms with van der Waals surface area (Å²) < 4.78 is 4.95. The van der Waals surface area contributed by atoms with E-state index in [0.29, 0.717) is 10.1 Å². The van der Waals surface area contributed by atoms with Crippen molar-refractivity contribution in [3.8, 4) is 0 Å². The fourth-order valence-electron chi connectivity index (χ4n) is 1.31. The normalized spacial score (nSPS) is 10.1. The summed E-state index contributed by atoms with van der Waals surface area (Å²) >= 11 is 11.2. The van der Waals surface area contributed by atoms with Crippen LogP contribution in [0.15, 0.2) is 18.2 Å². The first-order chi connectivity index (χ1) is 8.13. The zero-order valence-corrected chi connectivity index (χ0v) is 11.6. The molecular weight excluding hydrogens is 256 g/mol. The number of thiocarbonyl (C=S) groups is 1. The highest BCUT2D eigenvalue weighted by atomic mass is 35.5. The van der Waals surface area contributed by atoms with Crippen LogP contribution in [0, 0.1) is 6.92 Å². The lowest BCUT2D eigenvalue weighted by atomic mass is 10.2. The van der Waals surface area contributed by atoms with Crippen molar-refractivity contribution in [1.82, 2.24) is 5.32 Å². The van der Waals surface area contributed by atoms with Crippen molar-refractivity contribution in [2.45, 2.75) is 13.3 Å². The number of ether oxygens (including phenoxy) is 1.